The highest BCUT2D eigenvalue weighted by molar-refractivity contribution is 5.82. The molecular formula is C15H18F2O2. The van der Waals surface area contributed by atoms with Gasteiger partial charge in [-0.3, -0.25) is 4.79 Å². The Hall–Kier alpha value is -1.45. The third-order valence-electron chi connectivity index (χ3n) is 4.16. The van der Waals surface area contributed by atoms with E-state index in [1.807, 2.05) is 19.1 Å². The van der Waals surface area contributed by atoms with Gasteiger partial charge in [0.25, 0.3) is 0 Å². The van der Waals surface area contributed by atoms with E-state index in [1.165, 1.54) is 0 Å². The van der Waals surface area contributed by atoms with Crippen LogP contribution in [0.1, 0.15) is 43.7 Å². The molecule has 1 aromatic carbocycles. The van der Waals surface area contributed by atoms with E-state index >= 15 is 0 Å². The highest BCUT2D eigenvalue weighted by Gasteiger charge is 2.49. The molecule has 0 radical (unpaired) electrons. The standard InChI is InChI=1S/C15H18F2O2/c1-2-11-5-3-4-6-12(11)14(13(18)19)7-9-15(16,17)10-8-14/h3-6H,2,7-10H2,1H3,(H,18,19). The van der Waals surface area contributed by atoms with Crippen LogP contribution in [0.4, 0.5) is 8.78 Å². The van der Waals surface area contributed by atoms with Gasteiger partial charge in [-0.2, -0.15) is 0 Å². The van der Waals surface area contributed by atoms with Crippen LogP contribution in [0.3, 0.4) is 0 Å². The number of carboxylic acid groups (broad SMARTS) is 1. The molecule has 4 heteroatoms. The molecule has 0 bridgehead atoms. The topological polar surface area (TPSA) is 37.3 Å². The fourth-order valence-corrected chi connectivity index (χ4v) is 2.94. The van der Waals surface area contributed by atoms with Gasteiger partial charge in [0.1, 0.15) is 0 Å². The van der Waals surface area contributed by atoms with Crippen molar-refractivity contribution in [2.75, 3.05) is 0 Å². The predicted octanol–water partition coefficient (Wildman–Crippen LogP) is 3.78. The van der Waals surface area contributed by atoms with Crippen molar-refractivity contribution in [2.45, 2.75) is 50.4 Å². The Morgan fingerprint density at radius 1 is 1.21 bits per heavy atom. The molecule has 0 aromatic heterocycles. The summed E-state index contributed by atoms with van der Waals surface area (Å²) >= 11 is 0. The zero-order valence-electron chi connectivity index (χ0n) is 11.0. The van der Waals surface area contributed by atoms with Crippen LogP contribution < -0.4 is 0 Å². The summed E-state index contributed by atoms with van der Waals surface area (Å²) in [6.07, 6.45) is 0.0228. The summed E-state index contributed by atoms with van der Waals surface area (Å²) < 4.78 is 26.6. The summed E-state index contributed by atoms with van der Waals surface area (Å²) in [6.45, 7) is 1.95. The van der Waals surface area contributed by atoms with Gasteiger partial charge in [0.2, 0.25) is 5.92 Å². The first-order valence-electron chi connectivity index (χ1n) is 6.61. The molecule has 1 N–H and O–H groups in total. The lowest BCUT2D eigenvalue weighted by molar-refractivity contribution is -0.149. The lowest BCUT2D eigenvalue weighted by Crippen LogP contribution is -2.43. The summed E-state index contributed by atoms with van der Waals surface area (Å²) in [5.74, 6) is -3.70. The summed E-state index contributed by atoms with van der Waals surface area (Å²) in [7, 11) is 0. The molecule has 0 aliphatic heterocycles. The first-order valence-corrected chi connectivity index (χ1v) is 6.61. The molecule has 0 spiro atoms. The fraction of sp³-hybridized carbons (Fsp3) is 0.533. The maximum absolute atomic E-state index is 13.3. The molecule has 0 atom stereocenters. The minimum Gasteiger partial charge on any atom is -0.481 e. The number of hydrogen-bond acceptors (Lipinski definition) is 1. The fourth-order valence-electron chi connectivity index (χ4n) is 2.94. The zero-order valence-corrected chi connectivity index (χ0v) is 11.0. The average Bonchev–Trinajstić information content (AvgIpc) is 2.39. The number of rotatable bonds is 3. The molecule has 0 amide bonds. The Morgan fingerprint density at radius 2 is 1.79 bits per heavy atom. The van der Waals surface area contributed by atoms with Crippen LogP contribution in [-0.4, -0.2) is 17.0 Å². The molecule has 1 aromatic rings. The highest BCUT2D eigenvalue weighted by Crippen LogP contribution is 2.46. The number of hydrogen-bond donors (Lipinski definition) is 1. The number of benzene rings is 1. The van der Waals surface area contributed by atoms with Gasteiger partial charge in [-0.15, -0.1) is 0 Å². The molecule has 1 saturated carbocycles. The van der Waals surface area contributed by atoms with Crippen LogP contribution in [0, 0.1) is 0 Å². The van der Waals surface area contributed by atoms with Crippen LogP contribution in [0.2, 0.25) is 0 Å². The molecule has 2 rings (SSSR count). The monoisotopic (exact) mass is 268 g/mol. The van der Waals surface area contributed by atoms with Gasteiger partial charge in [0.15, 0.2) is 0 Å². The van der Waals surface area contributed by atoms with Crippen molar-refractivity contribution in [1.29, 1.82) is 0 Å². The Balaban J connectivity index is 2.44. The van der Waals surface area contributed by atoms with E-state index in [4.69, 9.17) is 0 Å². The van der Waals surface area contributed by atoms with E-state index in [2.05, 4.69) is 0 Å². The van der Waals surface area contributed by atoms with Gasteiger partial charge in [0.05, 0.1) is 5.41 Å². The van der Waals surface area contributed by atoms with E-state index in [9.17, 15) is 18.7 Å². The largest absolute Gasteiger partial charge is 0.481 e. The molecule has 2 nitrogen and oxygen atoms in total. The van der Waals surface area contributed by atoms with Crippen molar-refractivity contribution in [1.82, 2.24) is 0 Å². The maximum atomic E-state index is 13.3. The van der Waals surface area contributed by atoms with E-state index in [-0.39, 0.29) is 25.7 Å². The van der Waals surface area contributed by atoms with E-state index in [0.29, 0.717) is 12.0 Å². The first kappa shape index (κ1) is 14.0. The van der Waals surface area contributed by atoms with Crippen LogP contribution >= 0.6 is 0 Å². The van der Waals surface area contributed by atoms with Crippen molar-refractivity contribution in [3.8, 4) is 0 Å². The Morgan fingerprint density at radius 3 is 2.32 bits per heavy atom. The number of alkyl halides is 2. The number of carboxylic acids is 1. The third kappa shape index (κ3) is 2.48. The lowest BCUT2D eigenvalue weighted by Gasteiger charge is -2.38. The molecule has 104 valence electrons. The van der Waals surface area contributed by atoms with Crippen LogP contribution in [0.25, 0.3) is 0 Å². The van der Waals surface area contributed by atoms with Gasteiger partial charge in [-0.25, -0.2) is 8.78 Å². The molecule has 1 aliphatic rings. The quantitative estimate of drug-likeness (QED) is 0.905. The normalized spacial score (nSPS) is 21.0. The third-order valence-corrected chi connectivity index (χ3v) is 4.16. The molecule has 0 saturated heterocycles. The molecule has 0 unspecified atom stereocenters. The van der Waals surface area contributed by atoms with Gasteiger partial charge >= 0.3 is 5.97 Å². The van der Waals surface area contributed by atoms with Crippen molar-refractivity contribution in [2.24, 2.45) is 0 Å². The van der Waals surface area contributed by atoms with Gasteiger partial charge < -0.3 is 5.11 Å². The van der Waals surface area contributed by atoms with Crippen molar-refractivity contribution >= 4 is 5.97 Å². The predicted molar refractivity (Wildman–Crippen MR) is 68.5 cm³/mol. The van der Waals surface area contributed by atoms with Crippen molar-refractivity contribution < 1.29 is 18.7 Å². The zero-order chi connectivity index (χ0) is 14.1. The molecule has 19 heavy (non-hydrogen) atoms. The lowest BCUT2D eigenvalue weighted by atomic mass is 9.67. The van der Waals surface area contributed by atoms with E-state index in [1.54, 1.807) is 12.1 Å². The minimum atomic E-state index is -2.72. The average molecular weight is 268 g/mol. The number of aliphatic carboxylic acids is 1. The maximum Gasteiger partial charge on any atom is 0.314 e. The van der Waals surface area contributed by atoms with Crippen molar-refractivity contribution in [3.63, 3.8) is 0 Å². The molecule has 1 fully saturated rings. The molecule has 1 aliphatic carbocycles. The van der Waals surface area contributed by atoms with Gasteiger partial charge in [-0.05, 0) is 30.4 Å². The summed E-state index contributed by atoms with van der Waals surface area (Å²) in [4.78, 5) is 11.7. The first-order chi connectivity index (χ1) is 8.91. The smallest absolute Gasteiger partial charge is 0.314 e. The molecule has 0 heterocycles. The molecular weight excluding hydrogens is 250 g/mol. The summed E-state index contributed by atoms with van der Waals surface area (Å²) in [5.41, 5.74) is 0.504. The minimum absolute atomic E-state index is 0.00630. The second-order valence-electron chi connectivity index (χ2n) is 5.25. The number of halogens is 2. The Bertz CT molecular complexity index is 473. The van der Waals surface area contributed by atoms with Crippen molar-refractivity contribution in [3.05, 3.63) is 35.4 Å². The van der Waals surface area contributed by atoms with E-state index < -0.39 is 17.3 Å². The van der Waals surface area contributed by atoms with E-state index in [0.717, 1.165) is 5.56 Å². The number of carbonyl (C=O) groups is 1. The Labute approximate surface area is 111 Å². The van der Waals surface area contributed by atoms with Crippen LogP contribution in [0.15, 0.2) is 24.3 Å². The summed E-state index contributed by atoms with van der Waals surface area (Å²) in [6, 6.07) is 7.30. The Kier molecular flexibility index (Phi) is 3.61. The second kappa shape index (κ2) is 4.91. The van der Waals surface area contributed by atoms with Crippen LogP contribution in [-0.2, 0) is 16.6 Å². The SMILES string of the molecule is CCc1ccccc1C1(C(=O)O)CCC(F)(F)CC1. The van der Waals surface area contributed by atoms with Gasteiger partial charge in [-0.1, -0.05) is 31.2 Å². The second-order valence-corrected chi connectivity index (χ2v) is 5.25. The number of aryl methyl sites for hydroxylation is 1. The van der Waals surface area contributed by atoms with Gasteiger partial charge in [0, 0.05) is 12.8 Å². The summed E-state index contributed by atoms with van der Waals surface area (Å²) in [5, 5.41) is 9.59. The van der Waals surface area contributed by atoms with Crippen LogP contribution in [0.5, 0.6) is 0 Å². The highest BCUT2D eigenvalue weighted by atomic mass is 19.3.